The summed E-state index contributed by atoms with van der Waals surface area (Å²) in [5.41, 5.74) is 2.57. The van der Waals surface area contributed by atoms with Gasteiger partial charge in [-0.15, -0.1) is 0 Å². The Morgan fingerprint density at radius 1 is 1.10 bits per heavy atom. The zero-order chi connectivity index (χ0) is 20.1. The van der Waals surface area contributed by atoms with Crippen molar-refractivity contribution in [2.24, 2.45) is 0 Å². The van der Waals surface area contributed by atoms with Gasteiger partial charge in [-0.2, -0.15) is 0 Å². The molecule has 6 nitrogen and oxygen atoms in total. The molecule has 0 radical (unpaired) electrons. The number of anilines is 2. The number of ether oxygens (including phenoxy) is 1. The summed E-state index contributed by atoms with van der Waals surface area (Å²) in [6, 6.07) is 16.7. The smallest absolute Gasteiger partial charge is 0.325 e. The van der Waals surface area contributed by atoms with Gasteiger partial charge >= 0.3 is 6.03 Å². The van der Waals surface area contributed by atoms with E-state index in [9.17, 15) is 4.79 Å². The highest BCUT2D eigenvalue weighted by molar-refractivity contribution is 7.16. The quantitative estimate of drug-likeness (QED) is 0.604. The first-order valence-electron chi connectivity index (χ1n) is 9.36. The van der Waals surface area contributed by atoms with E-state index >= 15 is 0 Å². The van der Waals surface area contributed by atoms with Gasteiger partial charge in [-0.25, -0.2) is 9.78 Å². The van der Waals surface area contributed by atoms with Crippen LogP contribution in [0.5, 0.6) is 0 Å². The number of carbonyl (C=O) groups excluding carboxylic acids is 1. The van der Waals surface area contributed by atoms with E-state index in [1.165, 1.54) is 11.3 Å². The first kappa shape index (κ1) is 19.8. The fourth-order valence-corrected chi connectivity index (χ4v) is 4.33. The van der Waals surface area contributed by atoms with Gasteiger partial charge in [0.25, 0.3) is 0 Å². The van der Waals surface area contributed by atoms with Crippen molar-refractivity contribution in [2.45, 2.75) is 6.54 Å². The SMILES string of the molecule is O=C(Nc1cccc(Cl)c1)Nc1nc(-c2ccccc2)c(CN2CCOCC2)s1. The molecule has 1 aliphatic rings. The molecule has 0 atom stereocenters. The predicted molar refractivity (Wildman–Crippen MR) is 118 cm³/mol. The number of carbonyl (C=O) groups is 1. The molecule has 1 saturated heterocycles. The summed E-state index contributed by atoms with van der Waals surface area (Å²) in [6.45, 7) is 4.05. The van der Waals surface area contributed by atoms with Crippen LogP contribution in [0.3, 0.4) is 0 Å². The van der Waals surface area contributed by atoms with Crippen molar-refractivity contribution in [3.8, 4) is 11.3 Å². The Hall–Kier alpha value is -2.45. The van der Waals surface area contributed by atoms with E-state index in [4.69, 9.17) is 21.3 Å². The Bertz CT molecular complexity index is 974. The Kier molecular flexibility index (Phi) is 6.41. The van der Waals surface area contributed by atoms with Gasteiger partial charge in [-0.1, -0.05) is 59.3 Å². The topological polar surface area (TPSA) is 66.5 Å². The maximum atomic E-state index is 12.4. The third-order valence-electron chi connectivity index (χ3n) is 4.52. The first-order valence-corrected chi connectivity index (χ1v) is 10.6. The minimum Gasteiger partial charge on any atom is -0.379 e. The molecule has 2 N–H and O–H groups in total. The Balaban J connectivity index is 1.52. The molecule has 0 bridgehead atoms. The lowest BCUT2D eigenvalue weighted by Gasteiger charge is -2.26. The Labute approximate surface area is 178 Å². The highest BCUT2D eigenvalue weighted by Gasteiger charge is 2.19. The maximum Gasteiger partial charge on any atom is 0.325 e. The molecule has 8 heteroatoms. The number of aromatic nitrogens is 1. The third-order valence-corrected chi connectivity index (χ3v) is 5.71. The molecule has 29 heavy (non-hydrogen) atoms. The van der Waals surface area contributed by atoms with Crippen LogP contribution in [0.25, 0.3) is 11.3 Å². The number of halogens is 1. The van der Waals surface area contributed by atoms with Crippen LogP contribution in [-0.2, 0) is 11.3 Å². The minimum absolute atomic E-state index is 0.349. The number of hydrogen-bond acceptors (Lipinski definition) is 5. The average Bonchev–Trinajstić information content (AvgIpc) is 3.11. The first-order chi connectivity index (χ1) is 14.2. The summed E-state index contributed by atoms with van der Waals surface area (Å²) in [4.78, 5) is 20.6. The predicted octanol–water partition coefficient (Wildman–Crippen LogP) is 4.94. The van der Waals surface area contributed by atoms with Gasteiger partial charge in [0.1, 0.15) is 0 Å². The van der Waals surface area contributed by atoms with Crippen molar-refractivity contribution >= 4 is 39.8 Å². The molecule has 2 amide bonds. The molecule has 0 spiro atoms. The standard InChI is InChI=1S/C21H21ClN4O2S/c22-16-7-4-8-17(13-16)23-20(27)25-21-24-19(15-5-2-1-3-6-15)18(29-21)14-26-9-11-28-12-10-26/h1-8,13H,9-12,14H2,(H2,23,24,25,27). The summed E-state index contributed by atoms with van der Waals surface area (Å²) >= 11 is 7.48. The Morgan fingerprint density at radius 3 is 2.66 bits per heavy atom. The van der Waals surface area contributed by atoms with Crippen LogP contribution in [0, 0.1) is 0 Å². The van der Waals surface area contributed by atoms with Crippen LogP contribution in [0.4, 0.5) is 15.6 Å². The number of morpholine rings is 1. The van der Waals surface area contributed by atoms with Crippen LogP contribution < -0.4 is 10.6 Å². The molecule has 0 aliphatic carbocycles. The zero-order valence-corrected chi connectivity index (χ0v) is 17.3. The number of benzene rings is 2. The monoisotopic (exact) mass is 428 g/mol. The van der Waals surface area contributed by atoms with Crippen molar-refractivity contribution in [1.82, 2.24) is 9.88 Å². The number of rotatable bonds is 5. The highest BCUT2D eigenvalue weighted by Crippen LogP contribution is 2.32. The van der Waals surface area contributed by atoms with Gasteiger partial charge in [0.05, 0.1) is 18.9 Å². The second-order valence-electron chi connectivity index (χ2n) is 6.63. The minimum atomic E-state index is -0.349. The van der Waals surface area contributed by atoms with Gasteiger partial charge in [0, 0.05) is 40.8 Å². The van der Waals surface area contributed by atoms with E-state index < -0.39 is 0 Å². The molecular formula is C21H21ClN4O2S. The van der Waals surface area contributed by atoms with E-state index in [0.29, 0.717) is 15.8 Å². The van der Waals surface area contributed by atoms with E-state index in [-0.39, 0.29) is 6.03 Å². The molecule has 0 saturated carbocycles. The second kappa shape index (κ2) is 9.37. The van der Waals surface area contributed by atoms with Gasteiger partial charge in [-0.3, -0.25) is 10.2 Å². The Morgan fingerprint density at radius 2 is 1.90 bits per heavy atom. The van der Waals surface area contributed by atoms with Crippen LogP contribution >= 0.6 is 22.9 Å². The number of amides is 2. The number of nitrogens with one attached hydrogen (secondary N) is 2. The van der Waals surface area contributed by atoms with Crippen LogP contribution in [0.2, 0.25) is 5.02 Å². The van der Waals surface area contributed by atoms with E-state index in [0.717, 1.165) is 49.0 Å². The van der Waals surface area contributed by atoms with Gasteiger partial charge in [0.15, 0.2) is 5.13 Å². The lowest BCUT2D eigenvalue weighted by molar-refractivity contribution is 0.0347. The fraction of sp³-hybridized carbons (Fsp3) is 0.238. The molecule has 2 heterocycles. The number of hydrogen-bond donors (Lipinski definition) is 2. The molecule has 3 aromatic rings. The van der Waals surface area contributed by atoms with Gasteiger partial charge < -0.3 is 10.1 Å². The van der Waals surface area contributed by atoms with Gasteiger partial charge in [0.2, 0.25) is 0 Å². The summed E-state index contributed by atoms with van der Waals surface area (Å²) in [7, 11) is 0. The molecule has 1 aliphatic heterocycles. The summed E-state index contributed by atoms with van der Waals surface area (Å²) in [5, 5.41) is 6.76. The van der Waals surface area contributed by atoms with E-state index in [2.05, 4.69) is 15.5 Å². The van der Waals surface area contributed by atoms with E-state index in [1.54, 1.807) is 24.3 Å². The fourth-order valence-electron chi connectivity index (χ4n) is 3.12. The third kappa shape index (κ3) is 5.33. The maximum absolute atomic E-state index is 12.4. The van der Waals surface area contributed by atoms with Crippen molar-refractivity contribution in [3.63, 3.8) is 0 Å². The number of urea groups is 1. The second-order valence-corrected chi connectivity index (χ2v) is 8.15. The summed E-state index contributed by atoms with van der Waals surface area (Å²) in [6.07, 6.45) is 0. The van der Waals surface area contributed by atoms with Crippen LogP contribution in [0.15, 0.2) is 54.6 Å². The molecule has 1 fully saturated rings. The van der Waals surface area contributed by atoms with Crippen molar-refractivity contribution in [3.05, 3.63) is 64.5 Å². The molecule has 1 aromatic heterocycles. The average molecular weight is 429 g/mol. The van der Waals surface area contributed by atoms with E-state index in [1.807, 2.05) is 30.3 Å². The number of nitrogens with zero attached hydrogens (tertiary/aromatic N) is 2. The van der Waals surface area contributed by atoms with Crippen molar-refractivity contribution in [2.75, 3.05) is 36.9 Å². The molecular weight excluding hydrogens is 408 g/mol. The molecule has 2 aromatic carbocycles. The lowest BCUT2D eigenvalue weighted by atomic mass is 10.1. The largest absolute Gasteiger partial charge is 0.379 e. The molecule has 0 unspecified atom stereocenters. The number of thiazole rings is 1. The highest BCUT2D eigenvalue weighted by atomic mass is 35.5. The van der Waals surface area contributed by atoms with Crippen molar-refractivity contribution < 1.29 is 9.53 Å². The van der Waals surface area contributed by atoms with Crippen LogP contribution in [-0.4, -0.2) is 42.2 Å². The summed E-state index contributed by atoms with van der Waals surface area (Å²) < 4.78 is 5.45. The molecule has 4 rings (SSSR count). The van der Waals surface area contributed by atoms with Gasteiger partial charge in [-0.05, 0) is 18.2 Å². The zero-order valence-electron chi connectivity index (χ0n) is 15.7. The summed E-state index contributed by atoms with van der Waals surface area (Å²) in [5.74, 6) is 0. The lowest BCUT2D eigenvalue weighted by Crippen LogP contribution is -2.35. The van der Waals surface area contributed by atoms with Crippen LogP contribution in [0.1, 0.15) is 4.88 Å². The molecule has 150 valence electrons. The normalized spacial score (nSPS) is 14.5. The van der Waals surface area contributed by atoms with Crippen molar-refractivity contribution in [1.29, 1.82) is 0 Å².